The van der Waals surface area contributed by atoms with Crippen molar-refractivity contribution in [3.05, 3.63) is 23.2 Å². The van der Waals surface area contributed by atoms with Crippen LogP contribution >= 0.6 is 0 Å². The van der Waals surface area contributed by atoms with Gasteiger partial charge < -0.3 is 19.7 Å². The molecule has 24 heavy (non-hydrogen) atoms. The first-order valence-electron chi connectivity index (χ1n) is 8.14. The van der Waals surface area contributed by atoms with Crippen molar-refractivity contribution in [2.75, 3.05) is 7.05 Å². The van der Waals surface area contributed by atoms with Crippen molar-refractivity contribution in [1.29, 1.82) is 0 Å². The number of carbonyl (C=O) groups is 3. The number of carboxylic acid groups (broad SMARTS) is 1. The number of rotatable bonds is 6. The van der Waals surface area contributed by atoms with Gasteiger partial charge in [-0.25, -0.2) is 4.79 Å². The molecule has 0 bridgehead atoms. The average molecular weight is 336 g/mol. The predicted molar refractivity (Wildman–Crippen MR) is 86.4 cm³/mol. The van der Waals surface area contributed by atoms with Gasteiger partial charge in [-0.15, -0.1) is 0 Å². The molecule has 1 saturated carbocycles. The third kappa shape index (κ3) is 4.15. The molecule has 1 aromatic rings. The summed E-state index contributed by atoms with van der Waals surface area (Å²) in [6.07, 6.45) is 3.98. The normalized spacial score (nSPS) is 16.0. The predicted octanol–water partition coefficient (Wildman–Crippen LogP) is 1.94. The number of nitrogens with zero attached hydrogens (tertiary/aromatic N) is 1. The number of amides is 2. The Morgan fingerprint density at radius 3 is 2.50 bits per heavy atom. The van der Waals surface area contributed by atoms with E-state index in [-0.39, 0.29) is 29.8 Å². The summed E-state index contributed by atoms with van der Waals surface area (Å²) < 4.78 is 5.42. The monoisotopic (exact) mass is 336 g/mol. The second-order valence-corrected chi connectivity index (χ2v) is 6.40. The van der Waals surface area contributed by atoms with Gasteiger partial charge in [0.15, 0.2) is 0 Å². The molecule has 1 aliphatic carbocycles. The Balaban J connectivity index is 2.09. The molecule has 0 aliphatic heterocycles. The minimum Gasteiger partial charge on any atom is -0.478 e. The van der Waals surface area contributed by atoms with Gasteiger partial charge in [-0.05, 0) is 31.7 Å². The third-order valence-corrected chi connectivity index (χ3v) is 4.46. The number of aromatic carboxylic acids is 1. The summed E-state index contributed by atoms with van der Waals surface area (Å²) in [6.45, 7) is 3.15. The van der Waals surface area contributed by atoms with Crippen molar-refractivity contribution >= 4 is 17.8 Å². The highest BCUT2D eigenvalue weighted by molar-refractivity contribution is 5.89. The molecule has 7 nitrogen and oxygen atoms in total. The lowest BCUT2D eigenvalue weighted by molar-refractivity contribution is -0.137. The summed E-state index contributed by atoms with van der Waals surface area (Å²) in [7, 11) is 1.63. The Hall–Kier alpha value is -2.31. The minimum absolute atomic E-state index is 0.0973. The molecule has 2 amide bonds. The van der Waals surface area contributed by atoms with Gasteiger partial charge in [0.05, 0.1) is 6.54 Å². The fourth-order valence-corrected chi connectivity index (χ4v) is 3.27. The fraction of sp³-hybridized carbons (Fsp3) is 0.588. The number of hydrogen-bond donors (Lipinski definition) is 2. The summed E-state index contributed by atoms with van der Waals surface area (Å²) in [4.78, 5) is 36.7. The van der Waals surface area contributed by atoms with Crippen LogP contribution in [0.15, 0.2) is 10.5 Å². The van der Waals surface area contributed by atoms with E-state index in [1.807, 2.05) is 0 Å². The summed E-state index contributed by atoms with van der Waals surface area (Å²) in [5, 5.41) is 11.8. The molecule has 1 unspecified atom stereocenters. The molecule has 0 aromatic carbocycles. The lowest BCUT2D eigenvalue weighted by atomic mass is 9.96. The first-order chi connectivity index (χ1) is 11.3. The molecular formula is C17H24N2O5. The SMILES string of the molecule is CC(=O)NC(C(=O)N(C)Cc1cc(C(=O)O)c(C)o1)C1CCCC1. The van der Waals surface area contributed by atoms with Crippen LogP contribution in [0.1, 0.15) is 54.5 Å². The van der Waals surface area contributed by atoms with E-state index >= 15 is 0 Å². The average Bonchev–Trinajstić information content (AvgIpc) is 3.13. The van der Waals surface area contributed by atoms with E-state index in [2.05, 4.69) is 5.32 Å². The molecule has 0 spiro atoms. The van der Waals surface area contributed by atoms with Crippen molar-refractivity contribution in [2.24, 2.45) is 5.92 Å². The van der Waals surface area contributed by atoms with Gasteiger partial charge >= 0.3 is 5.97 Å². The van der Waals surface area contributed by atoms with E-state index in [1.54, 1.807) is 14.0 Å². The van der Waals surface area contributed by atoms with Gasteiger partial charge in [-0.1, -0.05) is 12.8 Å². The number of carbonyl (C=O) groups excluding carboxylic acids is 2. The summed E-state index contributed by atoms with van der Waals surface area (Å²) in [5.41, 5.74) is 0.0973. The first-order valence-corrected chi connectivity index (χ1v) is 8.14. The lowest BCUT2D eigenvalue weighted by Crippen LogP contribution is -2.50. The van der Waals surface area contributed by atoms with Gasteiger partial charge in [0.2, 0.25) is 11.8 Å². The quantitative estimate of drug-likeness (QED) is 0.827. The minimum atomic E-state index is -1.06. The number of likely N-dealkylation sites (N-methyl/N-ethyl adjacent to an activating group) is 1. The third-order valence-electron chi connectivity index (χ3n) is 4.46. The smallest absolute Gasteiger partial charge is 0.339 e. The standard InChI is InChI=1S/C17H24N2O5/c1-10-14(17(22)23)8-13(24-10)9-19(3)16(21)15(18-11(2)20)12-6-4-5-7-12/h8,12,15H,4-7,9H2,1-3H3,(H,18,20)(H,22,23). The highest BCUT2D eigenvalue weighted by Crippen LogP contribution is 2.29. The molecule has 1 aromatic heterocycles. The van der Waals surface area contributed by atoms with Crippen molar-refractivity contribution < 1.29 is 23.9 Å². The highest BCUT2D eigenvalue weighted by Gasteiger charge is 2.33. The highest BCUT2D eigenvalue weighted by atomic mass is 16.4. The van der Waals surface area contributed by atoms with Crippen molar-refractivity contribution in [3.8, 4) is 0 Å². The summed E-state index contributed by atoms with van der Waals surface area (Å²) >= 11 is 0. The fourth-order valence-electron chi connectivity index (χ4n) is 3.27. The van der Waals surface area contributed by atoms with E-state index < -0.39 is 12.0 Å². The topological polar surface area (TPSA) is 99.9 Å². The van der Waals surface area contributed by atoms with E-state index in [9.17, 15) is 14.4 Å². The van der Waals surface area contributed by atoms with Crippen LogP contribution in [-0.4, -0.2) is 40.9 Å². The first kappa shape index (κ1) is 18.0. The van der Waals surface area contributed by atoms with Crippen LogP contribution in [0.3, 0.4) is 0 Å². The number of aryl methyl sites for hydroxylation is 1. The number of hydrogen-bond acceptors (Lipinski definition) is 4. The van der Waals surface area contributed by atoms with Crippen LogP contribution in [0.5, 0.6) is 0 Å². The summed E-state index contributed by atoms with van der Waals surface area (Å²) in [5.74, 6) is -0.588. The maximum absolute atomic E-state index is 12.7. The molecule has 0 saturated heterocycles. The Kier molecular flexibility index (Phi) is 5.64. The second-order valence-electron chi connectivity index (χ2n) is 6.40. The molecule has 7 heteroatoms. The molecule has 1 fully saturated rings. The molecule has 132 valence electrons. The Bertz CT molecular complexity index is 631. The number of furan rings is 1. The van der Waals surface area contributed by atoms with Crippen molar-refractivity contribution in [2.45, 2.75) is 52.1 Å². The lowest BCUT2D eigenvalue weighted by Gasteiger charge is -2.27. The van der Waals surface area contributed by atoms with Gasteiger partial charge in [-0.3, -0.25) is 9.59 Å². The van der Waals surface area contributed by atoms with E-state index in [0.29, 0.717) is 11.5 Å². The maximum Gasteiger partial charge on any atom is 0.339 e. The van der Waals surface area contributed by atoms with E-state index in [0.717, 1.165) is 25.7 Å². The van der Waals surface area contributed by atoms with Crippen LogP contribution in [0.4, 0.5) is 0 Å². The second kappa shape index (κ2) is 7.51. The van der Waals surface area contributed by atoms with Crippen LogP contribution in [-0.2, 0) is 16.1 Å². The van der Waals surface area contributed by atoms with Crippen molar-refractivity contribution in [1.82, 2.24) is 10.2 Å². The molecule has 2 rings (SSSR count). The van der Waals surface area contributed by atoms with E-state index in [4.69, 9.17) is 9.52 Å². The van der Waals surface area contributed by atoms with Gasteiger partial charge in [0.1, 0.15) is 23.1 Å². The Morgan fingerprint density at radius 1 is 1.38 bits per heavy atom. The van der Waals surface area contributed by atoms with Crippen LogP contribution < -0.4 is 5.32 Å². The molecule has 1 atom stereocenters. The number of carboxylic acids is 1. The zero-order chi connectivity index (χ0) is 17.9. The van der Waals surface area contributed by atoms with Gasteiger partial charge in [-0.2, -0.15) is 0 Å². The largest absolute Gasteiger partial charge is 0.478 e. The van der Waals surface area contributed by atoms with Crippen LogP contribution in [0, 0.1) is 12.8 Å². The van der Waals surface area contributed by atoms with Crippen molar-refractivity contribution in [3.63, 3.8) is 0 Å². The number of nitrogens with one attached hydrogen (secondary N) is 1. The molecule has 2 N–H and O–H groups in total. The molecular weight excluding hydrogens is 312 g/mol. The van der Waals surface area contributed by atoms with Crippen LogP contribution in [0.2, 0.25) is 0 Å². The molecule has 1 aliphatic rings. The molecule has 1 heterocycles. The molecule has 0 radical (unpaired) electrons. The van der Waals surface area contributed by atoms with Crippen LogP contribution in [0.25, 0.3) is 0 Å². The van der Waals surface area contributed by atoms with Gasteiger partial charge in [0.25, 0.3) is 0 Å². The van der Waals surface area contributed by atoms with E-state index in [1.165, 1.54) is 17.9 Å². The zero-order valence-corrected chi connectivity index (χ0v) is 14.3. The summed E-state index contributed by atoms with van der Waals surface area (Å²) in [6, 6.07) is 0.898. The zero-order valence-electron chi connectivity index (χ0n) is 14.3. The van der Waals surface area contributed by atoms with Gasteiger partial charge in [0, 0.05) is 14.0 Å². The Morgan fingerprint density at radius 2 is 2.00 bits per heavy atom. The maximum atomic E-state index is 12.7. The Labute approximate surface area is 141 Å².